The number of rotatable bonds is 6. The van der Waals surface area contributed by atoms with Gasteiger partial charge in [0.25, 0.3) is 0 Å². The molecule has 0 radical (unpaired) electrons. The topological polar surface area (TPSA) is 35.5 Å². The van der Waals surface area contributed by atoms with E-state index in [1.807, 2.05) is 36.4 Å². The number of hydrogen-bond acceptors (Lipinski definition) is 4. The van der Waals surface area contributed by atoms with E-state index in [2.05, 4.69) is 4.74 Å². The molecule has 96 valence electrons. The van der Waals surface area contributed by atoms with Crippen molar-refractivity contribution in [3.8, 4) is 5.75 Å². The van der Waals surface area contributed by atoms with E-state index in [1.54, 1.807) is 24.9 Å². The number of esters is 1. The van der Waals surface area contributed by atoms with Crippen LogP contribution in [-0.4, -0.2) is 25.9 Å². The first kappa shape index (κ1) is 14.4. The number of thioether (sulfide) groups is 1. The summed E-state index contributed by atoms with van der Waals surface area (Å²) in [7, 11) is 3.01. The Hall–Kier alpha value is -1.68. The number of benzene rings is 1. The van der Waals surface area contributed by atoms with E-state index in [9.17, 15) is 4.79 Å². The Bertz CT molecular complexity index is 421. The fourth-order valence-corrected chi connectivity index (χ4v) is 1.88. The highest BCUT2D eigenvalue weighted by Gasteiger charge is 1.93. The predicted molar refractivity (Wildman–Crippen MR) is 74.0 cm³/mol. The van der Waals surface area contributed by atoms with Crippen LogP contribution in [0.2, 0.25) is 0 Å². The lowest BCUT2D eigenvalue weighted by molar-refractivity contribution is -0.134. The molecular formula is C14H16O3S. The zero-order valence-corrected chi connectivity index (χ0v) is 11.3. The number of carbonyl (C=O) groups excluding carboxylic acids is 1. The molecule has 0 saturated heterocycles. The van der Waals surface area contributed by atoms with Crippen molar-refractivity contribution in [3.05, 3.63) is 48.6 Å². The molecule has 1 aromatic rings. The third kappa shape index (κ3) is 5.59. The van der Waals surface area contributed by atoms with Gasteiger partial charge in [-0.3, -0.25) is 0 Å². The molecule has 0 aliphatic rings. The van der Waals surface area contributed by atoms with Crippen LogP contribution < -0.4 is 4.74 Å². The van der Waals surface area contributed by atoms with Crippen LogP contribution in [0.5, 0.6) is 5.75 Å². The van der Waals surface area contributed by atoms with Gasteiger partial charge in [0.05, 0.1) is 14.2 Å². The summed E-state index contributed by atoms with van der Waals surface area (Å²) >= 11 is 1.71. The number of allylic oxidation sites excluding steroid dienone is 2. The molecule has 1 rings (SSSR count). The summed E-state index contributed by atoms with van der Waals surface area (Å²) in [6, 6.07) is 7.90. The minimum Gasteiger partial charge on any atom is -0.497 e. The van der Waals surface area contributed by atoms with Gasteiger partial charge in [0.15, 0.2) is 0 Å². The molecule has 0 spiro atoms. The van der Waals surface area contributed by atoms with Crippen LogP contribution >= 0.6 is 11.8 Å². The lowest BCUT2D eigenvalue weighted by Crippen LogP contribution is -1.92. The van der Waals surface area contributed by atoms with Crippen LogP contribution in [0, 0.1) is 0 Å². The first-order chi connectivity index (χ1) is 8.76. The van der Waals surface area contributed by atoms with Crippen molar-refractivity contribution < 1.29 is 14.3 Å². The van der Waals surface area contributed by atoms with Crippen molar-refractivity contribution in [3.63, 3.8) is 0 Å². The van der Waals surface area contributed by atoms with Gasteiger partial charge in [-0.1, -0.05) is 18.2 Å². The van der Waals surface area contributed by atoms with Gasteiger partial charge in [-0.2, -0.15) is 0 Å². The van der Waals surface area contributed by atoms with Crippen molar-refractivity contribution in [2.24, 2.45) is 0 Å². The normalized spacial score (nSPS) is 11.0. The summed E-state index contributed by atoms with van der Waals surface area (Å²) in [6.45, 7) is 0. The Morgan fingerprint density at radius 3 is 2.56 bits per heavy atom. The maximum atomic E-state index is 10.8. The molecule has 18 heavy (non-hydrogen) atoms. The van der Waals surface area contributed by atoms with Gasteiger partial charge in [0.2, 0.25) is 0 Å². The number of methoxy groups -OCH3 is 2. The fraction of sp³-hybridized carbons (Fsp3) is 0.214. The lowest BCUT2D eigenvalue weighted by atomic mass is 10.3. The highest BCUT2D eigenvalue weighted by Crippen LogP contribution is 2.21. The second-order valence-electron chi connectivity index (χ2n) is 3.30. The Kier molecular flexibility index (Phi) is 6.72. The Morgan fingerprint density at radius 1 is 1.22 bits per heavy atom. The Balaban J connectivity index is 2.30. The van der Waals surface area contributed by atoms with Crippen LogP contribution in [0.25, 0.3) is 0 Å². The monoisotopic (exact) mass is 264 g/mol. The molecule has 4 heteroatoms. The molecule has 0 aliphatic heterocycles. The van der Waals surface area contributed by atoms with E-state index in [1.165, 1.54) is 18.1 Å². The Morgan fingerprint density at radius 2 is 1.94 bits per heavy atom. The molecule has 0 aliphatic carbocycles. The molecule has 3 nitrogen and oxygen atoms in total. The number of ether oxygens (including phenoxy) is 2. The van der Waals surface area contributed by atoms with E-state index >= 15 is 0 Å². The third-order valence-electron chi connectivity index (χ3n) is 2.09. The molecule has 0 aromatic heterocycles. The van der Waals surface area contributed by atoms with Crippen molar-refractivity contribution in [1.82, 2.24) is 0 Å². The van der Waals surface area contributed by atoms with Crippen LogP contribution in [0.1, 0.15) is 0 Å². The van der Waals surface area contributed by atoms with E-state index in [4.69, 9.17) is 4.74 Å². The molecule has 0 unspecified atom stereocenters. The summed E-state index contributed by atoms with van der Waals surface area (Å²) in [5.74, 6) is 1.36. The smallest absolute Gasteiger partial charge is 0.330 e. The minimum atomic E-state index is -0.345. The summed E-state index contributed by atoms with van der Waals surface area (Å²) in [4.78, 5) is 11.9. The van der Waals surface area contributed by atoms with Crippen molar-refractivity contribution in [1.29, 1.82) is 0 Å². The zero-order chi connectivity index (χ0) is 13.2. The van der Waals surface area contributed by atoms with E-state index in [0.717, 1.165) is 11.5 Å². The van der Waals surface area contributed by atoms with Gasteiger partial charge in [-0.15, -0.1) is 11.8 Å². The first-order valence-corrected chi connectivity index (χ1v) is 6.43. The quantitative estimate of drug-likeness (QED) is 0.342. The molecule has 1 aromatic carbocycles. The average Bonchev–Trinajstić information content (AvgIpc) is 2.43. The summed E-state index contributed by atoms with van der Waals surface area (Å²) in [5, 5.41) is 0. The maximum Gasteiger partial charge on any atom is 0.330 e. The minimum absolute atomic E-state index is 0.345. The predicted octanol–water partition coefficient (Wildman–Crippen LogP) is 3.07. The SMILES string of the molecule is COC(=O)/C=C/C=C/CSc1ccc(OC)cc1. The molecule has 0 N–H and O–H groups in total. The van der Waals surface area contributed by atoms with E-state index in [-0.39, 0.29) is 5.97 Å². The lowest BCUT2D eigenvalue weighted by Gasteiger charge is -2.01. The third-order valence-corrected chi connectivity index (χ3v) is 3.05. The highest BCUT2D eigenvalue weighted by atomic mass is 32.2. The number of hydrogen-bond donors (Lipinski definition) is 0. The van der Waals surface area contributed by atoms with Gasteiger partial charge < -0.3 is 9.47 Å². The van der Waals surface area contributed by atoms with Crippen molar-refractivity contribution >= 4 is 17.7 Å². The maximum absolute atomic E-state index is 10.8. The molecule has 0 bridgehead atoms. The largest absolute Gasteiger partial charge is 0.497 e. The highest BCUT2D eigenvalue weighted by molar-refractivity contribution is 7.99. The van der Waals surface area contributed by atoms with Crippen LogP contribution in [0.3, 0.4) is 0 Å². The van der Waals surface area contributed by atoms with Crippen molar-refractivity contribution in [2.45, 2.75) is 4.90 Å². The Labute approximate surface area is 111 Å². The standard InChI is InChI=1S/C14H16O3S/c1-16-12-7-9-13(10-8-12)18-11-5-3-4-6-14(15)17-2/h3-10H,11H2,1-2H3/b5-3+,6-4+. The van der Waals surface area contributed by atoms with Gasteiger partial charge >= 0.3 is 5.97 Å². The summed E-state index contributed by atoms with van der Waals surface area (Å²) in [5.41, 5.74) is 0. The van der Waals surface area contributed by atoms with Gasteiger partial charge in [0.1, 0.15) is 5.75 Å². The summed E-state index contributed by atoms with van der Waals surface area (Å²) in [6.07, 6.45) is 6.86. The van der Waals surface area contributed by atoms with E-state index < -0.39 is 0 Å². The van der Waals surface area contributed by atoms with E-state index in [0.29, 0.717) is 0 Å². The summed E-state index contributed by atoms with van der Waals surface area (Å²) < 4.78 is 9.55. The molecule has 0 saturated carbocycles. The molecule has 0 amide bonds. The van der Waals surface area contributed by atoms with Crippen LogP contribution in [0.4, 0.5) is 0 Å². The zero-order valence-electron chi connectivity index (χ0n) is 10.5. The molecule has 0 heterocycles. The van der Waals surface area contributed by atoms with Crippen molar-refractivity contribution in [2.75, 3.05) is 20.0 Å². The van der Waals surface area contributed by atoms with Gasteiger partial charge in [0, 0.05) is 16.7 Å². The molecule has 0 fully saturated rings. The molecule has 0 atom stereocenters. The second-order valence-corrected chi connectivity index (χ2v) is 4.39. The second kappa shape index (κ2) is 8.42. The molecular weight excluding hydrogens is 248 g/mol. The number of carbonyl (C=O) groups is 1. The van der Waals surface area contributed by atoms with Gasteiger partial charge in [-0.05, 0) is 24.3 Å². The van der Waals surface area contributed by atoms with Crippen LogP contribution in [-0.2, 0) is 9.53 Å². The first-order valence-electron chi connectivity index (χ1n) is 5.44. The van der Waals surface area contributed by atoms with Gasteiger partial charge in [-0.25, -0.2) is 4.79 Å². The van der Waals surface area contributed by atoms with Crippen LogP contribution in [0.15, 0.2) is 53.5 Å². The average molecular weight is 264 g/mol. The fourth-order valence-electron chi connectivity index (χ4n) is 1.15.